The molecule has 2 aromatic carbocycles. The molecule has 0 bridgehead atoms. The molecule has 1 saturated heterocycles. The zero-order valence-electron chi connectivity index (χ0n) is 16.1. The second-order valence-corrected chi connectivity index (χ2v) is 7.17. The number of nitrogens with zero attached hydrogens (tertiary/aromatic N) is 2. The van der Waals surface area contributed by atoms with Crippen LogP contribution in [0.2, 0.25) is 0 Å². The quantitative estimate of drug-likeness (QED) is 0.755. The topological polar surface area (TPSA) is 24.9 Å². The molecular formula is C22H30N2O2. The van der Waals surface area contributed by atoms with E-state index in [4.69, 9.17) is 9.47 Å². The predicted molar refractivity (Wildman–Crippen MR) is 106 cm³/mol. The van der Waals surface area contributed by atoms with Crippen LogP contribution < -0.4 is 9.47 Å². The van der Waals surface area contributed by atoms with E-state index >= 15 is 0 Å². The van der Waals surface area contributed by atoms with Gasteiger partial charge in [-0.15, -0.1) is 0 Å². The molecule has 0 unspecified atom stereocenters. The number of para-hydroxylation sites is 1. The summed E-state index contributed by atoms with van der Waals surface area (Å²) in [5.41, 5.74) is 2.62. The lowest BCUT2D eigenvalue weighted by Crippen LogP contribution is -2.45. The van der Waals surface area contributed by atoms with E-state index in [9.17, 15) is 0 Å². The molecule has 26 heavy (non-hydrogen) atoms. The van der Waals surface area contributed by atoms with Crippen LogP contribution in [-0.2, 0) is 13.1 Å². The summed E-state index contributed by atoms with van der Waals surface area (Å²) in [5, 5.41) is 0. The SMILES string of the molecule is COc1ccc(CN2CCN(Cc3ccccc3OC(C)C)CC2)cc1. The number of hydrogen-bond donors (Lipinski definition) is 0. The van der Waals surface area contributed by atoms with Gasteiger partial charge >= 0.3 is 0 Å². The van der Waals surface area contributed by atoms with Gasteiger partial charge in [-0.25, -0.2) is 0 Å². The van der Waals surface area contributed by atoms with Crippen LogP contribution >= 0.6 is 0 Å². The summed E-state index contributed by atoms with van der Waals surface area (Å²) in [6.45, 7) is 10.5. The van der Waals surface area contributed by atoms with Gasteiger partial charge in [0.1, 0.15) is 11.5 Å². The van der Waals surface area contributed by atoms with Gasteiger partial charge in [-0.1, -0.05) is 30.3 Å². The maximum Gasteiger partial charge on any atom is 0.124 e. The van der Waals surface area contributed by atoms with Gasteiger partial charge in [-0.05, 0) is 37.6 Å². The molecule has 0 saturated carbocycles. The van der Waals surface area contributed by atoms with E-state index in [0.29, 0.717) is 0 Å². The number of piperazine rings is 1. The van der Waals surface area contributed by atoms with Gasteiger partial charge in [-0.2, -0.15) is 0 Å². The highest BCUT2D eigenvalue weighted by molar-refractivity contribution is 5.33. The number of benzene rings is 2. The Balaban J connectivity index is 1.51. The Labute approximate surface area is 157 Å². The van der Waals surface area contributed by atoms with E-state index < -0.39 is 0 Å². The van der Waals surface area contributed by atoms with Gasteiger partial charge in [0.15, 0.2) is 0 Å². The standard InChI is InChI=1S/C22H30N2O2/c1-18(2)26-22-7-5-4-6-20(22)17-24-14-12-23(13-15-24)16-19-8-10-21(25-3)11-9-19/h4-11,18H,12-17H2,1-3H3. The average molecular weight is 354 g/mol. The van der Waals surface area contributed by atoms with Crippen molar-refractivity contribution in [2.45, 2.75) is 33.0 Å². The van der Waals surface area contributed by atoms with E-state index in [2.05, 4.69) is 54.0 Å². The summed E-state index contributed by atoms with van der Waals surface area (Å²) >= 11 is 0. The molecule has 0 aromatic heterocycles. The summed E-state index contributed by atoms with van der Waals surface area (Å²) in [6, 6.07) is 16.8. The van der Waals surface area contributed by atoms with Crippen molar-refractivity contribution in [3.8, 4) is 11.5 Å². The first-order chi connectivity index (χ1) is 12.6. The fourth-order valence-corrected chi connectivity index (χ4v) is 3.34. The molecule has 3 rings (SSSR count). The molecule has 0 radical (unpaired) electrons. The van der Waals surface area contributed by atoms with Crippen molar-refractivity contribution >= 4 is 0 Å². The molecule has 140 valence electrons. The van der Waals surface area contributed by atoms with Crippen molar-refractivity contribution in [3.05, 3.63) is 59.7 Å². The van der Waals surface area contributed by atoms with Gasteiger partial charge in [-0.3, -0.25) is 9.80 Å². The lowest BCUT2D eigenvalue weighted by molar-refractivity contribution is 0.120. The van der Waals surface area contributed by atoms with Gasteiger partial charge in [0.2, 0.25) is 0 Å². The van der Waals surface area contributed by atoms with Crippen molar-refractivity contribution in [3.63, 3.8) is 0 Å². The van der Waals surface area contributed by atoms with E-state index in [-0.39, 0.29) is 6.10 Å². The Morgan fingerprint density at radius 3 is 2.08 bits per heavy atom. The summed E-state index contributed by atoms with van der Waals surface area (Å²) < 4.78 is 11.2. The number of rotatable bonds is 7. The van der Waals surface area contributed by atoms with Crippen LogP contribution in [0.4, 0.5) is 0 Å². The summed E-state index contributed by atoms with van der Waals surface area (Å²) in [4.78, 5) is 5.04. The lowest BCUT2D eigenvalue weighted by atomic mass is 10.1. The van der Waals surface area contributed by atoms with Crippen LogP contribution in [0.1, 0.15) is 25.0 Å². The molecule has 0 N–H and O–H groups in total. The van der Waals surface area contributed by atoms with Gasteiger partial charge < -0.3 is 9.47 Å². The molecule has 0 atom stereocenters. The summed E-state index contributed by atoms with van der Waals surface area (Å²) in [7, 11) is 1.71. The third-order valence-corrected chi connectivity index (χ3v) is 4.76. The fraction of sp³-hybridized carbons (Fsp3) is 0.455. The highest BCUT2D eigenvalue weighted by Crippen LogP contribution is 2.22. The molecule has 2 aromatic rings. The molecule has 4 heteroatoms. The first-order valence-corrected chi connectivity index (χ1v) is 9.46. The average Bonchev–Trinajstić information content (AvgIpc) is 2.65. The van der Waals surface area contributed by atoms with Crippen molar-refractivity contribution in [1.29, 1.82) is 0 Å². The predicted octanol–water partition coefficient (Wildman–Crippen LogP) is 3.80. The largest absolute Gasteiger partial charge is 0.497 e. The monoisotopic (exact) mass is 354 g/mol. The van der Waals surface area contributed by atoms with Crippen LogP contribution in [0.25, 0.3) is 0 Å². The second-order valence-electron chi connectivity index (χ2n) is 7.17. The van der Waals surface area contributed by atoms with E-state index in [1.807, 2.05) is 18.2 Å². The minimum absolute atomic E-state index is 0.206. The maximum atomic E-state index is 5.96. The smallest absolute Gasteiger partial charge is 0.124 e. The molecule has 0 amide bonds. The molecule has 1 aliphatic heterocycles. The maximum absolute atomic E-state index is 5.96. The lowest BCUT2D eigenvalue weighted by Gasteiger charge is -2.35. The number of hydrogen-bond acceptors (Lipinski definition) is 4. The third-order valence-electron chi connectivity index (χ3n) is 4.76. The Morgan fingerprint density at radius 2 is 1.46 bits per heavy atom. The van der Waals surface area contributed by atoms with E-state index in [1.54, 1.807) is 7.11 Å². The van der Waals surface area contributed by atoms with Crippen molar-refractivity contribution in [1.82, 2.24) is 9.80 Å². The Kier molecular flexibility index (Phi) is 6.53. The van der Waals surface area contributed by atoms with Crippen LogP contribution in [0.15, 0.2) is 48.5 Å². The van der Waals surface area contributed by atoms with E-state index in [0.717, 1.165) is 50.8 Å². The molecule has 0 spiro atoms. The van der Waals surface area contributed by atoms with Crippen molar-refractivity contribution in [2.75, 3.05) is 33.3 Å². The molecule has 1 fully saturated rings. The molecule has 1 heterocycles. The number of ether oxygens (including phenoxy) is 2. The Bertz CT molecular complexity index is 677. The highest BCUT2D eigenvalue weighted by Gasteiger charge is 2.18. The van der Waals surface area contributed by atoms with Gasteiger partial charge in [0.05, 0.1) is 13.2 Å². The van der Waals surface area contributed by atoms with Crippen molar-refractivity contribution < 1.29 is 9.47 Å². The van der Waals surface area contributed by atoms with Crippen LogP contribution in [-0.4, -0.2) is 49.2 Å². The second kappa shape index (κ2) is 9.06. The molecule has 1 aliphatic rings. The number of methoxy groups -OCH3 is 1. The zero-order chi connectivity index (χ0) is 18.4. The molecule has 4 nitrogen and oxygen atoms in total. The van der Waals surface area contributed by atoms with Crippen LogP contribution in [0, 0.1) is 0 Å². The Hall–Kier alpha value is -2.04. The summed E-state index contributed by atoms with van der Waals surface area (Å²) in [6.07, 6.45) is 0.206. The minimum Gasteiger partial charge on any atom is -0.497 e. The first kappa shape index (κ1) is 18.7. The van der Waals surface area contributed by atoms with Gasteiger partial charge in [0, 0.05) is 44.8 Å². The molecule has 0 aliphatic carbocycles. The van der Waals surface area contributed by atoms with E-state index in [1.165, 1.54) is 11.1 Å². The first-order valence-electron chi connectivity index (χ1n) is 9.46. The van der Waals surface area contributed by atoms with Gasteiger partial charge in [0.25, 0.3) is 0 Å². The normalized spacial score (nSPS) is 16.0. The highest BCUT2D eigenvalue weighted by atomic mass is 16.5. The minimum atomic E-state index is 0.206. The summed E-state index contributed by atoms with van der Waals surface area (Å²) in [5.74, 6) is 1.93. The fourth-order valence-electron chi connectivity index (χ4n) is 3.34. The zero-order valence-corrected chi connectivity index (χ0v) is 16.1. The van der Waals surface area contributed by atoms with Crippen LogP contribution in [0.5, 0.6) is 11.5 Å². The third kappa shape index (κ3) is 5.23. The molecular weight excluding hydrogens is 324 g/mol. The van der Waals surface area contributed by atoms with Crippen LogP contribution in [0.3, 0.4) is 0 Å². The Morgan fingerprint density at radius 1 is 0.846 bits per heavy atom. The van der Waals surface area contributed by atoms with Crippen molar-refractivity contribution in [2.24, 2.45) is 0 Å².